The van der Waals surface area contributed by atoms with E-state index in [0.29, 0.717) is 18.2 Å². The fourth-order valence-electron chi connectivity index (χ4n) is 5.04. The third-order valence-corrected chi connectivity index (χ3v) is 6.94. The minimum atomic E-state index is 0.161. The molecule has 4 heterocycles. The molecule has 6 heteroatoms. The van der Waals surface area contributed by atoms with E-state index in [0.717, 1.165) is 79.7 Å². The highest BCUT2D eigenvalue weighted by Crippen LogP contribution is 2.26. The van der Waals surface area contributed by atoms with Gasteiger partial charge in [-0.1, -0.05) is 12.1 Å². The van der Waals surface area contributed by atoms with E-state index in [1.165, 1.54) is 0 Å². The monoisotopic (exact) mass is 418 g/mol. The standard InChI is InChI=1S/C25H30N4O2/c1-28-17-26-16-24(28)19-2-3-20-15-27-22(13-21(20)12-19)14-25(30)18-4-8-29(9-5-18)23-6-10-31-11-7-23/h2-3,12-13,15-18,23H,4-11,14H2,1H3. The van der Waals surface area contributed by atoms with Gasteiger partial charge in [-0.2, -0.15) is 0 Å². The highest BCUT2D eigenvalue weighted by Gasteiger charge is 2.29. The molecule has 5 rings (SSSR count). The largest absolute Gasteiger partial charge is 0.381 e. The average Bonchev–Trinajstić information content (AvgIpc) is 3.25. The van der Waals surface area contributed by atoms with E-state index in [9.17, 15) is 4.79 Å². The van der Waals surface area contributed by atoms with Crippen molar-refractivity contribution < 1.29 is 9.53 Å². The summed E-state index contributed by atoms with van der Waals surface area (Å²) >= 11 is 0. The molecule has 0 N–H and O–H groups in total. The Balaban J connectivity index is 1.24. The fraction of sp³-hybridized carbons (Fsp3) is 0.480. The Labute approximate surface area is 183 Å². The molecule has 2 aliphatic heterocycles. The second kappa shape index (κ2) is 8.89. The maximum Gasteiger partial charge on any atom is 0.142 e. The van der Waals surface area contributed by atoms with Crippen molar-refractivity contribution in [1.82, 2.24) is 19.4 Å². The van der Waals surface area contributed by atoms with Crippen LogP contribution in [0.2, 0.25) is 0 Å². The minimum Gasteiger partial charge on any atom is -0.381 e. The Kier molecular flexibility index (Phi) is 5.83. The van der Waals surface area contributed by atoms with E-state index in [-0.39, 0.29) is 5.92 Å². The van der Waals surface area contributed by atoms with Crippen LogP contribution in [0.25, 0.3) is 22.0 Å². The van der Waals surface area contributed by atoms with Crippen LogP contribution in [0.3, 0.4) is 0 Å². The maximum atomic E-state index is 13.0. The lowest BCUT2D eigenvalue weighted by atomic mass is 9.88. The lowest BCUT2D eigenvalue weighted by Crippen LogP contribution is -2.45. The molecule has 2 fully saturated rings. The summed E-state index contributed by atoms with van der Waals surface area (Å²) in [5, 5.41) is 2.21. The first kappa shape index (κ1) is 20.3. The molecule has 0 aliphatic carbocycles. The Morgan fingerprint density at radius 3 is 2.61 bits per heavy atom. The SMILES string of the molecule is Cn1cncc1-c1ccc2cnc(CC(=O)C3CCN(C4CCOCC4)CC3)cc2c1. The number of carbonyl (C=O) groups excluding carboxylic acids is 1. The van der Waals surface area contributed by atoms with Crippen LogP contribution in [0.4, 0.5) is 0 Å². The van der Waals surface area contributed by atoms with Crippen molar-refractivity contribution in [2.75, 3.05) is 26.3 Å². The number of imidazole rings is 1. The number of fused-ring (bicyclic) bond motifs is 1. The van der Waals surface area contributed by atoms with Crippen LogP contribution < -0.4 is 0 Å². The van der Waals surface area contributed by atoms with Crippen molar-refractivity contribution in [2.45, 2.75) is 38.1 Å². The summed E-state index contributed by atoms with van der Waals surface area (Å²) in [7, 11) is 2.00. The van der Waals surface area contributed by atoms with E-state index in [1.54, 1.807) is 0 Å². The first-order chi connectivity index (χ1) is 15.2. The van der Waals surface area contributed by atoms with Crippen LogP contribution in [0.5, 0.6) is 0 Å². The van der Waals surface area contributed by atoms with Crippen LogP contribution in [0.15, 0.2) is 43.0 Å². The number of aromatic nitrogens is 3. The summed E-state index contributed by atoms with van der Waals surface area (Å²) in [6.45, 7) is 3.81. The van der Waals surface area contributed by atoms with E-state index in [1.807, 2.05) is 30.3 Å². The topological polar surface area (TPSA) is 60.2 Å². The van der Waals surface area contributed by atoms with Crippen molar-refractivity contribution in [3.8, 4) is 11.3 Å². The Morgan fingerprint density at radius 1 is 1.06 bits per heavy atom. The van der Waals surface area contributed by atoms with E-state index in [4.69, 9.17) is 4.74 Å². The predicted octanol–water partition coefficient (Wildman–Crippen LogP) is 3.64. The summed E-state index contributed by atoms with van der Waals surface area (Å²) in [5.74, 6) is 0.496. The molecular formula is C25H30N4O2. The van der Waals surface area contributed by atoms with Gasteiger partial charge in [-0.05, 0) is 56.3 Å². The molecule has 6 nitrogen and oxygen atoms in total. The van der Waals surface area contributed by atoms with Crippen molar-refractivity contribution in [3.63, 3.8) is 0 Å². The summed E-state index contributed by atoms with van der Waals surface area (Å²) in [5.41, 5.74) is 3.07. The normalized spacial score (nSPS) is 19.1. The molecule has 0 amide bonds. The van der Waals surface area contributed by atoms with Crippen LogP contribution in [0.1, 0.15) is 31.4 Å². The van der Waals surface area contributed by atoms with Gasteiger partial charge in [0.2, 0.25) is 0 Å². The highest BCUT2D eigenvalue weighted by molar-refractivity contribution is 5.88. The average molecular weight is 419 g/mol. The molecule has 0 unspecified atom stereocenters. The quantitative estimate of drug-likeness (QED) is 0.633. The zero-order valence-electron chi connectivity index (χ0n) is 18.2. The molecule has 2 saturated heterocycles. The number of ketones is 1. The number of nitrogens with zero attached hydrogens (tertiary/aromatic N) is 4. The third-order valence-electron chi connectivity index (χ3n) is 6.94. The van der Waals surface area contributed by atoms with Gasteiger partial charge < -0.3 is 14.2 Å². The maximum absolute atomic E-state index is 13.0. The zero-order valence-corrected chi connectivity index (χ0v) is 18.2. The van der Waals surface area contributed by atoms with Gasteiger partial charge >= 0.3 is 0 Å². The molecule has 31 heavy (non-hydrogen) atoms. The summed E-state index contributed by atoms with van der Waals surface area (Å²) in [6.07, 6.45) is 10.2. The molecule has 0 radical (unpaired) electrons. The number of rotatable bonds is 5. The van der Waals surface area contributed by atoms with Crippen molar-refractivity contribution >= 4 is 16.6 Å². The van der Waals surface area contributed by atoms with E-state index < -0.39 is 0 Å². The molecule has 0 spiro atoms. The highest BCUT2D eigenvalue weighted by atomic mass is 16.5. The first-order valence-corrected chi connectivity index (χ1v) is 11.4. The summed E-state index contributed by atoms with van der Waals surface area (Å²) in [6, 6.07) is 9.06. The van der Waals surface area contributed by atoms with Gasteiger partial charge in [-0.15, -0.1) is 0 Å². The molecular weight excluding hydrogens is 388 g/mol. The van der Waals surface area contributed by atoms with Crippen molar-refractivity contribution in [3.05, 3.63) is 48.7 Å². The molecule has 1 aromatic carbocycles. The first-order valence-electron chi connectivity index (χ1n) is 11.4. The van der Waals surface area contributed by atoms with Gasteiger partial charge in [0.1, 0.15) is 5.78 Å². The molecule has 0 bridgehead atoms. The number of likely N-dealkylation sites (tertiary alicyclic amines) is 1. The van der Waals surface area contributed by atoms with Gasteiger partial charge in [-0.25, -0.2) is 4.98 Å². The third kappa shape index (κ3) is 4.41. The number of pyridine rings is 1. The number of hydrogen-bond acceptors (Lipinski definition) is 5. The Morgan fingerprint density at radius 2 is 1.87 bits per heavy atom. The number of piperidine rings is 1. The number of benzene rings is 1. The molecule has 2 aliphatic rings. The van der Waals surface area contributed by atoms with E-state index >= 15 is 0 Å². The molecule has 0 saturated carbocycles. The lowest BCUT2D eigenvalue weighted by Gasteiger charge is -2.38. The van der Waals surface area contributed by atoms with E-state index in [2.05, 4.69) is 39.1 Å². The van der Waals surface area contributed by atoms with Gasteiger partial charge in [0.05, 0.1) is 18.2 Å². The fourth-order valence-corrected chi connectivity index (χ4v) is 5.04. The van der Waals surface area contributed by atoms with Gasteiger partial charge in [0, 0.05) is 61.5 Å². The van der Waals surface area contributed by atoms with Gasteiger partial charge in [0.25, 0.3) is 0 Å². The molecule has 162 valence electrons. The predicted molar refractivity (Wildman–Crippen MR) is 121 cm³/mol. The second-order valence-corrected chi connectivity index (χ2v) is 8.92. The summed E-state index contributed by atoms with van der Waals surface area (Å²) in [4.78, 5) is 24.4. The molecule has 0 atom stereocenters. The van der Waals surface area contributed by atoms with Crippen LogP contribution in [-0.4, -0.2) is 57.6 Å². The number of ether oxygens (including phenoxy) is 1. The number of aryl methyl sites for hydroxylation is 1. The Bertz CT molecular complexity index is 1060. The summed E-state index contributed by atoms with van der Waals surface area (Å²) < 4.78 is 7.50. The zero-order chi connectivity index (χ0) is 21.2. The second-order valence-electron chi connectivity index (χ2n) is 8.92. The van der Waals surface area contributed by atoms with Crippen LogP contribution in [0, 0.1) is 5.92 Å². The Hall–Kier alpha value is -2.57. The van der Waals surface area contributed by atoms with Crippen molar-refractivity contribution in [1.29, 1.82) is 0 Å². The number of hydrogen-bond donors (Lipinski definition) is 0. The van der Waals surface area contributed by atoms with Crippen LogP contribution >= 0.6 is 0 Å². The van der Waals surface area contributed by atoms with Crippen LogP contribution in [-0.2, 0) is 23.0 Å². The smallest absolute Gasteiger partial charge is 0.142 e. The molecule has 2 aromatic heterocycles. The number of carbonyl (C=O) groups is 1. The molecule has 3 aromatic rings. The minimum absolute atomic E-state index is 0.161. The number of Topliss-reactive ketones (excluding diaryl/α,β-unsaturated/α-hetero) is 1. The van der Waals surface area contributed by atoms with Crippen molar-refractivity contribution in [2.24, 2.45) is 13.0 Å². The lowest BCUT2D eigenvalue weighted by molar-refractivity contribution is -0.124. The van der Waals surface area contributed by atoms with Gasteiger partial charge in [0.15, 0.2) is 0 Å². The van der Waals surface area contributed by atoms with Gasteiger partial charge in [-0.3, -0.25) is 9.78 Å².